The van der Waals surface area contributed by atoms with E-state index in [1.54, 1.807) is 24.4 Å². The highest BCUT2D eigenvalue weighted by Crippen LogP contribution is 2.21. The van der Waals surface area contributed by atoms with Crippen LogP contribution in [0.3, 0.4) is 0 Å². The van der Waals surface area contributed by atoms with Crippen molar-refractivity contribution in [3.05, 3.63) is 72.3 Å². The van der Waals surface area contributed by atoms with Crippen LogP contribution in [0.5, 0.6) is 0 Å². The summed E-state index contributed by atoms with van der Waals surface area (Å²) in [5, 5.41) is 6.02. The third-order valence-corrected chi connectivity index (χ3v) is 3.43. The smallest absolute Gasteiger partial charge is 0.291 e. The summed E-state index contributed by atoms with van der Waals surface area (Å²) in [6.07, 6.45) is 4.02. The van der Waals surface area contributed by atoms with Gasteiger partial charge in [-0.2, -0.15) is 0 Å². The monoisotopic (exact) mass is 307 g/mol. The van der Waals surface area contributed by atoms with Crippen molar-refractivity contribution in [3.63, 3.8) is 0 Å². The Bertz CT molecular complexity index is 780. The van der Waals surface area contributed by atoms with E-state index in [4.69, 9.17) is 4.42 Å². The number of para-hydroxylation sites is 1. The molecule has 0 spiro atoms. The molecule has 3 aromatic rings. The standard InChI is InChI=1S/C18H17N3O2/c1-2-13-6-3-4-7-15(13)21-17-10-9-14(12-19-17)20-18(22)16-8-5-11-23-16/h3-12H,2H2,1H3,(H,19,21)(H,20,22). The molecule has 3 rings (SSSR count). The second-order valence-corrected chi connectivity index (χ2v) is 5.00. The van der Waals surface area contributed by atoms with E-state index in [-0.39, 0.29) is 11.7 Å². The first-order valence-electron chi connectivity index (χ1n) is 7.42. The molecule has 0 fully saturated rings. The SMILES string of the molecule is CCc1ccccc1Nc1ccc(NC(=O)c2ccco2)cn1. The summed E-state index contributed by atoms with van der Waals surface area (Å²) in [6.45, 7) is 2.11. The molecule has 2 heterocycles. The Balaban J connectivity index is 1.68. The number of hydrogen-bond donors (Lipinski definition) is 2. The second kappa shape index (κ2) is 6.79. The lowest BCUT2D eigenvalue weighted by atomic mass is 10.1. The highest BCUT2D eigenvalue weighted by molar-refractivity contribution is 6.02. The molecule has 0 saturated heterocycles. The molecule has 2 N–H and O–H groups in total. The van der Waals surface area contributed by atoms with Crippen LogP contribution in [0.4, 0.5) is 17.2 Å². The molecule has 1 amide bonds. The molecule has 0 saturated carbocycles. The number of furan rings is 1. The zero-order valence-corrected chi connectivity index (χ0v) is 12.7. The maximum atomic E-state index is 11.9. The summed E-state index contributed by atoms with van der Waals surface area (Å²) >= 11 is 0. The predicted octanol–water partition coefficient (Wildman–Crippen LogP) is 4.23. The summed E-state index contributed by atoms with van der Waals surface area (Å²) in [5.41, 5.74) is 2.88. The predicted molar refractivity (Wildman–Crippen MR) is 90.0 cm³/mol. The van der Waals surface area contributed by atoms with Crippen molar-refractivity contribution in [2.75, 3.05) is 10.6 Å². The molecular weight excluding hydrogens is 290 g/mol. The Morgan fingerprint density at radius 1 is 1.13 bits per heavy atom. The number of rotatable bonds is 5. The van der Waals surface area contributed by atoms with Crippen molar-refractivity contribution >= 4 is 23.1 Å². The van der Waals surface area contributed by atoms with E-state index in [2.05, 4.69) is 28.6 Å². The minimum absolute atomic E-state index is 0.268. The first-order valence-corrected chi connectivity index (χ1v) is 7.42. The summed E-state index contributed by atoms with van der Waals surface area (Å²) in [4.78, 5) is 16.2. The van der Waals surface area contributed by atoms with E-state index in [1.807, 2.05) is 24.3 Å². The largest absolute Gasteiger partial charge is 0.459 e. The van der Waals surface area contributed by atoms with Gasteiger partial charge in [0.15, 0.2) is 5.76 Å². The Morgan fingerprint density at radius 3 is 2.70 bits per heavy atom. The number of carbonyl (C=O) groups is 1. The zero-order chi connectivity index (χ0) is 16.1. The lowest BCUT2D eigenvalue weighted by Gasteiger charge is -2.10. The molecular formula is C18H17N3O2. The summed E-state index contributed by atoms with van der Waals surface area (Å²) in [7, 11) is 0. The number of amides is 1. The third kappa shape index (κ3) is 3.58. The van der Waals surface area contributed by atoms with Gasteiger partial charge in [-0.25, -0.2) is 4.98 Å². The molecule has 0 aliphatic carbocycles. The van der Waals surface area contributed by atoms with Gasteiger partial charge in [-0.05, 0) is 42.3 Å². The fourth-order valence-electron chi connectivity index (χ4n) is 2.23. The molecule has 0 radical (unpaired) electrons. The van der Waals surface area contributed by atoms with Crippen molar-refractivity contribution in [3.8, 4) is 0 Å². The number of nitrogens with zero attached hydrogens (tertiary/aromatic N) is 1. The molecule has 0 atom stereocenters. The molecule has 23 heavy (non-hydrogen) atoms. The van der Waals surface area contributed by atoms with Crippen LogP contribution in [0.25, 0.3) is 0 Å². The zero-order valence-electron chi connectivity index (χ0n) is 12.7. The maximum absolute atomic E-state index is 11.9. The number of anilines is 3. The molecule has 5 heteroatoms. The quantitative estimate of drug-likeness (QED) is 0.740. The Morgan fingerprint density at radius 2 is 2.00 bits per heavy atom. The molecule has 0 aliphatic heterocycles. The van der Waals surface area contributed by atoms with Crippen LogP contribution in [0, 0.1) is 0 Å². The number of carbonyl (C=O) groups excluding carboxylic acids is 1. The summed E-state index contributed by atoms with van der Waals surface area (Å²) in [5.74, 6) is 0.694. The van der Waals surface area contributed by atoms with Crippen LogP contribution in [0.1, 0.15) is 23.0 Å². The van der Waals surface area contributed by atoms with Crippen molar-refractivity contribution < 1.29 is 9.21 Å². The number of hydrogen-bond acceptors (Lipinski definition) is 4. The number of aryl methyl sites for hydroxylation is 1. The van der Waals surface area contributed by atoms with Gasteiger partial charge in [0, 0.05) is 5.69 Å². The van der Waals surface area contributed by atoms with Gasteiger partial charge < -0.3 is 15.1 Å². The molecule has 1 aromatic carbocycles. The first kappa shape index (κ1) is 14.8. The van der Waals surface area contributed by atoms with Crippen molar-refractivity contribution in [1.82, 2.24) is 4.98 Å². The second-order valence-electron chi connectivity index (χ2n) is 5.00. The normalized spacial score (nSPS) is 10.3. The van der Waals surface area contributed by atoms with E-state index in [0.717, 1.165) is 17.9 Å². The Kier molecular flexibility index (Phi) is 4.38. The van der Waals surface area contributed by atoms with Crippen molar-refractivity contribution in [2.24, 2.45) is 0 Å². The van der Waals surface area contributed by atoms with Gasteiger partial charge in [0.05, 0.1) is 18.1 Å². The molecule has 0 aliphatic rings. The molecule has 116 valence electrons. The van der Waals surface area contributed by atoms with Crippen LogP contribution < -0.4 is 10.6 Å². The molecule has 0 unspecified atom stereocenters. The lowest BCUT2D eigenvalue weighted by Crippen LogP contribution is -2.11. The van der Waals surface area contributed by atoms with Gasteiger partial charge in [0.1, 0.15) is 5.82 Å². The average Bonchev–Trinajstić information content (AvgIpc) is 3.12. The van der Waals surface area contributed by atoms with Crippen molar-refractivity contribution in [1.29, 1.82) is 0 Å². The van der Waals surface area contributed by atoms with Gasteiger partial charge in [-0.15, -0.1) is 0 Å². The van der Waals surface area contributed by atoms with E-state index in [9.17, 15) is 4.79 Å². The lowest BCUT2D eigenvalue weighted by molar-refractivity contribution is 0.0996. The number of pyridine rings is 1. The maximum Gasteiger partial charge on any atom is 0.291 e. The molecule has 5 nitrogen and oxygen atoms in total. The minimum Gasteiger partial charge on any atom is -0.459 e. The Hall–Kier alpha value is -3.08. The van der Waals surface area contributed by atoms with Gasteiger partial charge in [0.2, 0.25) is 0 Å². The van der Waals surface area contributed by atoms with Crippen LogP contribution >= 0.6 is 0 Å². The molecule has 2 aromatic heterocycles. The number of benzene rings is 1. The van der Waals surface area contributed by atoms with E-state index in [1.165, 1.54) is 11.8 Å². The van der Waals surface area contributed by atoms with Gasteiger partial charge >= 0.3 is 0 Å². The van der Waals surface area contributed by atoms with Crippen LogP contribution in [0.15, 0.2) is 65.4 Å². The molecule has 0 bridgehead atoms. The summed E-state index contributed by atoms with van der Waals surface area (Å²) < 4.78 is 5.05. The first-order chi connectivity index (χ1) is 11.3. The van der Waals surface area contributed by atoms with Gasteiger partial charge in [-0.1, -0.05) is 25.1 Å². The third-order valence-electron chi connectivity index (χ3n) is 3.43. The number of aromatic nitrogens is 1. The topological polar surface area (TPSA) is 67.2 Å². The highest BCUT2D eigenvalue weighted by Gasteiger charge is 2.09. The fourth-order valence-corrected chi connectivity index (χ4v) is 2.23. The highest BCUT2D eigenvalue weighted by atomic mass is 16.3. The van der Waals surface area contributed by atoms with Crippen molar-refractivity contribution in [2.45, 2.75) is 13.3 Å². The van der Waals surface area contributed by atoms with Crippen LogP contribution in [-0.2, 0) is 6.42 Å². The number of nitrogens with one attached hydrogen (secondary N) is 2. The van der Waals surface area contributed by atoms with E-state index < -0.39 is 0 Å². The fraction of sp³-hybridized carbons (Fsp3) is 0.111. The van der Waals surface area contributed by atoms with E-state index in [0.29, 0.717) is 5.69 Å². The Labute approximate surface area is 134 Å². The van der Waals surface area contributed by atoms with E-state index >= 15 is 0 Å². The minimum atomic E-state index is -0.297. The van der Waals surface area contributed by atoms with Crippen LogP contribution in [0.2, 0.25) is 0 Å². The summed E-state index contributed by atoms with van der Waals surface area (Å²) in [6, 6.07) is 15.0. The van der Waals surface area contributed by atoms with Crippen LogP contribution in [-0.4, -0.2) is 10.9 Å². The van der Waals surface area contributed by atoms with Gasteiger partial charge in [-0.3, -0.25) is 4.79 Å². The van der Waals surface area contributed by atoms with Gasteiger partial charge in [0.25, 0.3) is 5.91 Å². The average molecular weight is 307 g/mol.